The zero-order chi connectivity index (χ0) is 33.0. The fraction of sp³-hybridized carbons (Fsp3) is 0.294. The van der Waals surface area contributed by atoms with Crippen LogP contribution in [0.2, 0.25) is 0 Å². The van der Waals surface area contributed by atoms with Crippen LogP contribution in [0.5, 0.6) is 11.5 Å². The molecule has 3 N–H and O–H groups in total. The summed E-state index contributed by atoms with van der Waals surface area (Å²) in [5, 5.41) is 17.5. The number of benzene rings is 4. The molecule has 0 spiro atoms. The Morgan fingerprint density at radius 2 is 1.78 bits per heavy atom. The highest BCUT2D eigenvalue weighted by Crippen LogP contribution is 2.32. The number of ether oxygens (including phenoxy) is 2. The van der Waals surface area contributed by atoms with E-state index in [2.05, 4.69) is 10.6 Å². The monoisotopic (exact) mass is 646 g/mol. The standard InChI is InChI=1S/C34H38N4O7S/c1-22-19-38(23(2)21-39)33(40)29-18-25(35-34(41)36-30-11-7-9-24-8-5-6-10-28(24)30)12-17-31(29)45-32(22)20-37(3)46(42,43)27-15-13-26(44-4)14-16-27/h5-18,22-23,32,39H,19-21H2,1-4H3,(H2,35,36,41)/t22-,23+,32-/m0/s1. The van der Waals surface area contributed by atoms with Crippen molar-refractivity contribution < 1.29 is 32.6 Å². The van der Waals surface area contributed by atoms with Crippen molar-refractivity contribution in [2.24, 2.45) is 5.92 Å². The molecule has 11 nitrogen and oxygen atoms in total. The summed E-state index contributed by atoms with van der Waals surface area (Å²) in [7, 11) is -0.879. The lowest BCUT2D eigenvalue weighted by atomic mass is 9.99. The second-order valence-electron chi connectivity index (χ2n) is 11.4. The van der Waals surface area contributed by atoms with Crippen molar-refractivity contribution in [1.82, 2.24) is 9.21 Å². The van der Waals surface area contributed by atoms with E-state index in [1.54, 1.807) is 42.2 Å². The Morgan fingerprint density at radius 1 is 1.07 bits per heavy atom. The van der Waals surface area contributed by atoms with Gasteiger partial charge >= 0.3 is 6.03 Å². The van der Waals surface area contributed by atoms with E-state index in [4.69, 9.17) is 9.47 Å². The lowest BCUT2D eigenvalue weighted by Crippen LogP contribution is -2.50. The van der Waals surface area contributed by atoms with Crippen LogP contribution in [0, 0.1) is 5.92 Å². The number of nitrogens with one attached hydrogen (secondary N) is 2. The highest BCUT2D eigenvalue weighted by Gasteiger charge is 2.35. The summed E-state index contributed by atoms with van der Waals surface area (Å²) in [5.41, 5.74) is 1.17. The molecular weight excluding hydrogens is 608 g/mol. The molecule has 1 aliphatic rings. The third kappa shape index (κ3) is 6.94. The molecule has 0 saturated heterocycles. The fourth-order valence-corrected chi connectivity index (χ4v) is 6.60. The first-order valence-corrected chi connectivity index (χ1v) is 16.3. The molecule has 1 aliphatic heterocycles. The minimum absolute atomic E-state index is 0.00204. The molecule has 242 valence electrons. The van der Waals surface area contributed by atoms with E-state index in [9.17, 15) is 23.1 Å². The fourth-order valence-electron chi connectivity index (χ4n) is 5.42. The number of urea groups is 1. The molecular formula is C34H38N4O7S. The van der Waals surface area contributed by atoms with E-state index in [1.165, 1.54) is 36.7 Å². The molecule has 0 aromatic heterocycles. The Morgan fingerprint density at radius 3 is 2.50 bits per heavy atom. The molecule has 46 heavy (non-hydrogen) atoms. The number of nitrogens with zero attached hydrogens (tertiary/aromatic N) is 2. The normalized spacial score (nSPS) is 17.4. The second-order valence-corrected chi connectivity index (χ2v) is 13.4. The van der Waals surface area contributed by atoms with Gasteiger partial charge < -0.3 is 30.1 Å². The molecule has 0 bridgehead atoms. The molecule has 0 fully saturated rings. The van der Waals surface area contributed by atoms with Gasteiger partial charge in [-0.1, -0.05) is 43.3 Å². The van der Waals surface area contributed by atoms with Gasteiger partial charge in [-0.05, 0) is 60.8 Å². The number of aliphatic hydroxyl groups excluding tert-OH is 1. The molecule has 12 heteroatoms. The number of likely N-dealkylation sites (N-methyl/N-ethyl adjacent to an activating group) is 1. The number of methoxy groups -OCH3 is 1. The van der Waals surface area contributed by atoms with Gasteiger partial charge in [0.05, 0.1) is 42.4 Å². The summed E-state index contributed by atoms with van der Waals surface area (Å²) in [6.07, 6.45) is -0.647. The van der Waals surface area contributed by atoms with Gasteiger partial charge in [-0.2, -0.15) is 4.31 Å². The summed E-state index contributed by atoms with van der Waals surface area (Å²) in [6.45, 7) is 3.55. The second kappa shape index (κ2) is 13.8. The van der Waals surface area contributed by atoms with Crippen LogP contribution in [0.1, 0.15) is 24.2 Å². The van der Waals surface area contributed by atoms with Crippen LogP contribution in [-0.2, 0) is 10.0 Å². The topological polar surface area (TPSA) is 138 Å². The molecule has 4 aromatic rings. The minimum atomic E-state index is -3.87. The third-order valence-corrected chi connectivity index (χ3v) is 10.0. The molecule has 0 saturated carbocycles. The van der Waals surface area contributed by atoms with Gasteiger partial charge in [0, 0.05) is 30.6 Å². The summed E-state index contributed by atoms with van der Waals surface area (Å²) >= 11 is 0. The molecule has 0 radical (unpaired) electrons. The Hall–Kier alpha value is -4.65. The molecule has 5 rings (SSSR count). The predicted molar refractivity (Wildman–Crippen MR) is 177 cm³/mol. The Labute approximate surface area is 268 Å². The van der Waals surface area contributed by atoms with Crippen molar-refractivity contribution in [1.29, 1.82) is 0 Å². The van der Waals surface area contributed by atoms with Gasteiger partial charge in [0.1, 0.15) is 17.6 Å². The number of carbonyl (C=O) groups excluding carboxylic acids is 2. The quantitative estimate of drug-likeness (QED) is 0.232. The highest BCUT2D eigenvalue weighted by atomic mass is 32.2. The maximum Gasteiger partial charge on any atom is 0.323 e. The van der Waals surface area contributed by atoms with Gasteiger partial charge in [-0.3, -0.25) is 4.79 Å². The average Bonchev–Trinajstić information content (AvgIpc) is 3.06. The maximum atomic E-state index is 13.8. The Bertz CT molecular complexity index is 1830. The smallest absolute Gasteiger partial charge is 0.323 e. The van der Waals surface area contributed by atoms with Crippen LogP contribution >= 0.6 is 0 Å². The number of fused-ring (bicyclic) bond motifs is 2. The average molecular weight is 647 g/mol. The third-order valence-electron chi connectivity index (χ3n) is 8.17. The molecule has 0 aliphatic carbocycles. The van der Waals surface area contributed by atoms with Gasteiger partial charge in [0.2, 0.25) is 10.0 Å². The van der Waals surface area contributed by atoms with Crippen LogP contribution < -0.4 is 20.1 Å². The van der Waals surface area contributed by atoms with E-state index in [1.807, 2.05) is 43.3 Å². The van der Waals surface area contributed by atoms with Crippen LogP contribution in [0.15, 0.2) is 89.8 Å². The van der Waals surface area contributed by atoms with Gasteiger partial charge in [-0.15, -0.1) is 0 Å². The van der Waals surface area contributed by atoms with Crippen molar-refractivity contribution in [3.05, 3.63) is 90.5 Å². The molecule has 1 heterocycles. The van der Waals surface area contributed by atoms with E-state index in [0.717, 1.165) is 10.8 Å². The number of sulfonamides is 1. The van der Waals surface area contributed by atoms with Crippen molar-refractivity contribution in [2.45, 2.75) is 30.9 Å². The maximum absolute atomic E-state index is 13.8. The minimum Gasteiger partial charge on any atom is -0.497 e. The van der Waals surface area contributed by atoms with Crippen molar-refractivity contribution in [2.75, 3.05) is 44.5 Å². The summed E-state index contributed by atoms with van der Waals surface area (Å²) in [4.78, 5) is 28.5. The summed E-state index contributed by atoms with van der Waals surface area (Å²) in [6, 6.07) is 23.2. The first kappa shape index (κ1) is 32.7. The highest BCUT2D eigenvalue weighted by molar-refractivity contribution is 7.89. The van der Waals surface area contributed by atoms with Gasteiger partial charge in [-0.25, -0.2) is 13.2 Å². The Balaban J connectivity index is 1.40. The summed E-state index contributed by atoms with van der Waals surface area (Å²) < 4.78 is 39.6. The van der Waals surface area contributed by atoms with Crippen LogP contribution in [0.4, 0.5) is 16.2 Å². The van der Waals surface area contributed by atoms with E-state index >= 15 is 0 Å². The number of hydrogen-bond donors (Lipinski definition) is 3. The van der Waals surface area contributed by atoms with E-state index < -0.39 is 28.2 Å². The van der Waals surface area contributed by atoms with Crippen LogP contribution in [-0.4, -0.2) is 80.7 Å². The van der Waals surface area contributed by atoms with Gasteiger partial charge in [0.25, 0.3) is 5.91 Å². The van der Waals surface area contributed by atoms with Crippen molar-refractivity contribution >= 4 is 44.1 Å². The predicted octanol–water partition coefficient (Wildman–Crippen LogP) is 5.03. The van der Waals surface area contributed by atoms with E-state index in [-0.39, 0.29) is 47.7 Å². The largest absolute Gasteiger partial charge is 0.497 e. The van der Waals surface area contributed by atoms with Crippen LogP contribution in [0.3, 0.4) is 0 Å². The molecule has 4 aromatic carbocycles. The zero-order valence-corrected chi connectivity index (χ0v) is 27.0. The summed E-state index contributed by atoms with van der Waals surface area (Å²) in [5.74, 6) is 0.104. The van der Waals surface area contributed by atoms with Crippen molar-refractivity contribution in [3.8, 4) is 11.5 Å². The van der Waals surface area contributed by atoms with Crippen molar-refractivity contribution in [3.63, 3.8) is 0 Å². The first-order chi connectivity index (χ1) is 22.0. The lowest BCUT2D eigenvalue weighted by molar-refractivity contribution is 0.0387. The molecule has 3 atom stereocenters. The number of rotatable bonds is 9. The zero-order valence-electron chi connectivity index (χ0n) is 26.1. The number of hydrogen-bond acceptors (Lipinski definition) is 7. The number of aliphatic hydroxyl groups is 1. The Kier molecular flexibility index (Phi) is 9.80. The molecule has 3 amide bonds. The van der Waals surface area contributed by atoms with E-state index in [0.29, 0.717) is 17.1 Å². The van der Waals surface area contributed by atoms with Gasteiger partial charge in [0.15, 0.2) is 0 Å². The number of carbonyl (C=O) groups is 2. The number of anilines is 2. The number of amides is 3. The molecule has 0 unspecified atom stereocenters. The lowest BCUT2D eigenvalue weighted by Gasteiger charge is -2.38. The first-order valence-electron chi connectivity index (χ1n) is 14.9. The van der Waals surface area contributed by atoms with Crippen LogP contribution in [0.25, 0.3) is 10.8 Å². The SMILES string of the molecule is COc1ccc(S(=O)(=O)N(C)C[C@@H]2Oc3ccc(NC(=O)Nc4cccc5ccccc45)cc3C(=O)N([C@H](C)CO)C[C@@H]2C)cc1.